The minimum Gasteiger partial charge on any atom is -0.496 e. The summed E-state index contributed by atoms with van der Waals surface area (Å²) in [7, 11) is 1.56. The molecule has 0 saturated carbocycles. The van der Waals surface area contributed by atoms with Crippen molar-refractivity contribution >= 4 is 11.8 Å². The first-order valence-corrected chi connectivity index (χ1v) is 7.65. The van der Waals surface area contributed by atoms with Gasteiger partial charge in [-0.1, -0.05) is 12.1 Å². The molecule has 2 amide bonds. The summed E-state index contributed by atoms with van der Waals surface area (Å²) in [5.74, 6) is 0.769. The number of hydrogen-bond donors (Lipinski definition) is 1. The molecule has 1 heterocycles. The number of ether oxygens (including phenoxy) is 1. The number of rotatable bonds is 5. The minimum atomic E-state index is -0.148. The van der Waals surface area contributed by atoms with E-state index in [0.717, 1.165) is 5.56 Å². The second-order valence-electron chi connectivity index (χ2n) is 6.07. The summed E-state index contributed by atoms with van der Waals surface area (Å²) in [6.45, 7) is 7.12. The Morgan fingerprint density at radius 1 is 1.45 bits per heavy atom. The van der Waals surface area contributed by atoms with Gasteiger partial charge in [0.2, 0.25) is 5.91 Å². The number of nitrogens with zero attached hydrogens (tertiary/aromatic N) is 1. The summed E-state index contributed by atoms with van der Waals surface area (Å²) < 4.78 is 5.26. The SMILES string of the molecule is COc1cccc(C)c1C(=O)NC[C@@H]1CC(=O)N(C(C)C)C1. The lowest BCUT2D eigenvalue weighted by molar-refractivity contribution is -0.129. The second kappa shape index (κ2) is 6.81. The highest BCUT2D eigenvalue weighted by Crippen LogP contribution is 2.23. The van der Waals surface area contributed by atoms with E-state index in [1.807, 2.05) is 37.8 Å². The van der Waals surface area contributed by atoms with E-state index in [-0.39, 0.29) is 23.8 Å². The largest absolute Gasteiger partial charge is 0.496 e. The van der Waals surface area contributed by atoms with Gasteiger partial charge in [0.1, 0.15) is 5.75 Å². The van der Waals surface area contributed by atoms with Gasteiger partial charge < -0.3 is 15.0 Å². The first-order chi connectivity index (χ1) is 10.4. The summed E-state index contributed by atoms with van der Waals surface area (Å²) in [6.07, 6.45) is 0.503. The molecule has 0 aliphatic carbocycles. The first-order valence-electron chi connectivity index (χ1n) is 7.65. The molecule has 1 aromatic rings. The van der Waals surface area contributed by atoms with Gasteiger partial charge >= 0.3 is 0 Å². The maximum absolute atomic E-state index is 12.4. The van der Waals surface area contributed by atoms with Crippen molar-refractivity contribution in [2.45, 2.75) is 33.2 Å². The predicted octanol–water partition coefficient (Wildman–Crippen LogP) is 1.99. The van der Waals surface area contributed by atoms with E-state index in [1.54, 1.807) is 13.2 Å². The van der Waals surface area contributed by atoms with Gasteiger partial charge in [-0.2, -0.15) is 0 Å². The lowest BCUT2D eigenvalue weighted by Crippen LogP contribution is -2.34. The fraction of sp³-hybridized carbons (Fsp3) is 0.529. The fourth-order valence-electron chi connectivity index (χ4n) is 2.87. The molecule has 1 aliphatic heterocycles. The van der Waals surface area contributed by atoms with E-state index in [2.05, 4.69) is 5.32 Å². The van der Waals surface area contributed by atoms with E-state index in [9.17, 15) is 9.59 Å². The third-order valence-corrected chi connectivity index (χ3v) is 4.09. The maximum Gasteiger partial charge on any atom is 0.255 e. The second-order valence-corrected chi connectivity index (χ2v) is 6.07. The van der Waals surface area contributed by atoms with Crippen molar-refractivity contribution in [1.29, 1.82) is 0 Å². The van der Waals surface area contributed by atoms with Crippen molar-refractivity contribution in [2.24, 2.45) is 5.92 Å². The summed E-state index contributed by atoms with van der Waals surface area (Å²) in [5, 5.41) is 2.94. The molecular formula is C17H24N2O3. The van der Waals surface area contributed by atoms with Crippen LogP contribution in [-0.4, -0.2) is 43.0 Å². The van der Waals surface area contributed by atoms with Gasteiger partial charge in [0.15, 0.2) is 0 Å². The van der Waals surface area contributed by atoms with Gasteiger partial charge in [0.25, 0.3) is 5.91 Å². The molecule has 0 bridgehead atoms. The van der Waals surface area contributed by atoms with Crippen LogP contribution in [0.4, 0.5) is 0 Å². The van der Waals surface area contributed by atoms with Crippen molar-refractivity contribution in [3.63, 3.8) is 0 Å². The smallest absolute Gasteiger partial charge is 0.255 e. The monoisotopic (exact) mass is 304 g/mol. The third-order valence-electron chi connectivity index (χ3n) is 4.09. The predicted molar refractivity (Wildman–Crippen MR) is 85.0 cm³/mol. The van der Waals surface area contributed by atoms with E-state index >= 15 is 0 Å². The minimum absolute atomic E-state index is 0.148. The Morgan fingerprint density at radius 3 is 2.77 bits per heavy atom. The van der Waals surface area contributed by atoms with E-state index < -0.39 is 0 Å². The number of nitrogens with one attached hydrogen (secondary N) is 1. The molecule has 0 spiro atoms. The molecule has 1 fully saturated rings. The highest BCUT2D eigenvalue weighted by molar-refractivity contribution is 5.98. The fourth-order valence-corrected chi connectivity index (χ4v) is 2.87. The molecule has 1 N–H and O–H groups in total. The van der Waals surface area contributed by atoms with Crippen LogP contribution < -0.4 is 10.1 Å². The zero-order valence-electron chi connectivity index (χ0n) is 13.7. The van der Waals surface area contributed by atoms with Crippen LogP contribution in [0.2, 0.25) is 0 Å². The number of likely N-dealkylation sites (tertiary alicyclic amines) is 1. The number of aryl methyl sites for hydroxylation is 1. The van der Waals surface area contributed by atoms with Crippen molar-refractivity contribution in [3.8, 4) is 5.75 Å². The maximum atomic E-state index is 12.4. The summed E-state index contributed by atoms with van der Waals surface area (Å²) in [5.41, 5.74) is 1.44. The van der Waals surface area contributed by atoms with Crippen LogP contribution in [0.3, 0.4) is 0 Å². The van der Waals surface area contributed by atoms with Gasteiger partial charge in [-0.25, -0.2) is 0 Å². The van der Waals surface area contributed by atoms with Gasteiger partial charge in [-0.3, -0.25) is 9.59 Å². The molecular weight excluding hydrogens is 280 g/mol. The standard InChI is InChI=1S/C17H24N2O3/c1-11(2)19-10-13(8-15(19)20)9-18-17(21)16-12(3)6-5-7-14(16)22-4/h5-7,11,13H,8-10H2,1-4H3,(H,18,21)/t13-/m0/s1. The summed E-state index contributed by atoms with van der Waals surface area (Å²) in [4.78, 5) is 26.2. The molecule has 5 nitrogen and oxygen atoms in total. The molecule has 1 saturated heterocycles. The molecule has 5 heteroatoms. The molecule has 0 aromatic heterocycles. The highest BCUT2D eigenvalue weighted by atomic mass is 16.5. The van der Waals surface area contributed by atoms with Crippen LogP contribution in [0.25, 0.3) is 0 Å². The van der Waals surface area contributed by atoms with Gasteiger partial charge in [-0.05, 0) is 32.4 Å². The Morgan fingerprint density at radius 2 is 2.18 bits per heavy atom. The van der Waals surface area contributed by atoms with Crippen LogP contribution in [0.5, 0.6) is 5.75 Å². The van der Waals surface area contributed by atoms with Crippen LogP contribution in [0.15, 0.2) is 18.2 Å². The van der Waals surface area contributed by atoms with Crippen molar-refractivity contribution < 1.29 is 14.3 Å². The Balaban J connectivity index is 1.99. The first kappa shape index (κ1) is 16.3. The van der Waals surface area contributed by atoms with E-state index in [0.29, 0.717) is 30.8 Å². The highest BCUT2D eigenvalue weighted by Gasteiger charge is 2.31. The van der Waals surface area contributed by atoms with E-state index in [1.165, 1.54) is 0 Å². The molecule has 120 valence electrons. The topological polar surface area (TPSA) is 58.6 Å². The van der Waals surface area contributed by atoms with Crippen molar-refractivity contribution in [3.05, 3.63) is 29.3 Å². The van der Waals surface area contributed by atoms with Crippen LogP contribution in [0.1, 0.15) is 36.2 Å². The zero-order chi connectivity index (χ0) is 16.3. The molecule has 1 atom stereocenters. The number of hydrogen-bond acceptors (Lipinski definition) is 3. The molecule has 0 radical (unpaired) electrons. The molecule has 22 heavy (non-hydrogen) atoms. The number of carbonyl (C=O) groups is 2. The van der Waals surface area contributed by atoms with Crippen LogP contribution >= 0.6 is 0 Å². The van der Waals surface area contributed by atoms with E-state index in [4.69, 9.17) is 4.74 Å². The van der Waals surface area contributed by atoms with Crippen LogP contribution in [0, 0.1) is 12.8 Å². The Kier molecular flexibility index (Phi) is 5.06. The van der Waals surface area contributed by atoms with Gasteiger partial charge in [-0.15, -0.1) is 0 Å². The number of benzene rings is 1. The third kappa shape index (κ3) is 3.40. The molecule has 1 aliphatic rings. The summed E-state index contributed by atoms with van der Waals surface area (Å²) >= 11 is 0. The van der Waals surface area contributed by atoms with Gasteiger partial charge in [0.05, 0.1) is 12.7 Å². The Labute approximate surface area is 131 Å². The van der Waals surface area contributed by atoms with Crippen LogP contribution in [-0.2, 0) is 4.79 Å². The number of amides is 2. The average molecular weight is 304 g/mol. The average Bonchev–Trinajstić information content (AvgIpc) is 2.85. The number of carbonyl (C=O) groups excluding carboxylic acids is 2. The Hall–Kier alpha value is -2.04. The summed E-state index contributed by atoms with van der Waals surface area (Å²) in [6, 6.07) is 5.74. The lowest BCUT2D eigenvalue weighted by atomic mass is 10.1. The van der Waals surface area contributed by atoms with Crippen molar-refractivity contribution in [2.75, 3.05) is 20.2 Å². The normalized spacial score (nSPS) is 18.0. The lowest BCUT2D eigenvalue weighted by Gasteiger charge is -2.21. The molecule has 1 aromatic carbocycles. The quantitative estimate of drug-likeness (QED) is 0.905. The molecule has 0 unspecified atom stereocenters. The van der Waals surface area contributed by atoms with Gasteiger partial charge in [0, 0.05) is 31.5 Å². The number of methoxy groups -OCH3 is 1. The molecule has 2 rings (SSSR count). The Bertz CT molecular complexity index is 569. The van der Waals surface area contributed by atoms with Crippen molar-refractivity contribution in [1.82, 2.24) is 10.2 Å². The zero-order valence-corrected chi connectivity index (χ0v) is 13.7.